The zero-order valence-corrected chi connectivity index (χ0v) is 13.7. The Morgan fingerprint density at radius 1 is 1.17 bits per heavy atom. The van der Waals surface area contributed by atoms with E-state index in [1.54, 1.807) is 31.4 Å². The highest BCUT2D eigenvalue weighted by Gasteiger charge is 2.14. The Labute approximate surface area is 142 Å². The topological polar surface area (TPSA) is 65.7 Å². The van der Waals surface area contributed by atoms with E-state index in [-0.39, 0.29) is 21.8 Å². The molecule has 0 aliphatic rings. The van der Waals surface area contributed by atoms with Crippen LogP contribution in [-0.2, 0) is 4.79 Å². The van der Waals surface area contributed by atoms with Gasteiger partial charge in [0.15, 0.2) is 5.75 Å². The Balaban J connectivity index is 2.13. The highest BCUT2D eigenvalue weighted by molar-refractivity contribution is 6.33. The number of hydrogen-bond acceptors (Lipinski definition) is 5. The number of rotatable bonds is 3. The van der Waals surface area contributed by atoms with Gasteiger partial charge in [0, 0.05) is 13.0 Å². The lowest BCUT2D eigenvalue weighted by atomic mass is 10.1. The lowest BCUT2D eigenvalue weighted by Crippen LogP contribution is -2.06. The van der Waals surface area contributed by atoms with E-state index in [2.05, 4.69) is 0 Å². The van der Waals surface area contributed by atoms with E-state index in [4.69, 9.17) is 25.5 Å². The van der Waals surface area contributed by atoms with Crippen molar-refractivity contribution in [1.82, 2.24) is 0 Å². The predicted octanol–water partition coefficient (Wildman–Crippen LogP) is 4.05. The molecule has 3 rings (SSSR count). The molecule has 5 nitrogen and oxygen atoms in total. The fourth-order valence-corrected chi connectivity index (χ4v) is 2.54. The first-order valence-electron chi connectivity index (χ1n) is 7.07. The Kier molecular flexibility index (Phi) is 4.27. The van der Waals surface area contributed by atoms with E-state index >= 15 is 0 Å². The molecule has 122 valence electrons. The molecule has 0 bridgehead atoms. The van der Waals surface area contributed by atoms with Crippen molar-refractivity contribution in [2.24, 2.45) is 0 Å². The summed E-state index contributed by atoms with van der Waals surface area (Å²) in [5.41, 5.74) is 1.17. The van der Waals surface area contributed by atoms with Gasteiger partial charge >= 0.3 is 5.97 Å². The zero-order valence-electron chi connectivity index (χ0n) is 13.0. The molecule has 0 atom stereocenters. The van der Waals surface area contributed by atoms with E-state index in [0.717, 1.165) is 0 Å². The van der Waals surface area contributed by atoms with Gasteiger partial charge in [-0.05, 0) is 23.8 Å². The van der Waals surface area contributed by atoms with E-state index < -0.39 is 5.97 Å². The van der Waals surface area contributed by atoms with Crippen LogP contribution < -0.4 is 14.9 Å². The Morgan fingerprint density at radius 2 is 1.88 bits per heavy atom. The van der Waals surface area contributed by atoms with Crippen molar-refractivity contribution in [2.45, 2.75) is 6.92 Å². The highest BCUT2D eigenvalue weighted by atomic mass is 35.5. The minimum Gasteiger partial charge on any atom is -0.497 e. The zero-order chi connectivity index (χ0) is 17.3. The summed E-state index contributed by atoms with van der Waals surface area (Å²) in [7, 11) is 1.57. The van der Waals surface area contributed by atoms with Crippen LogP contribution in [-0.4, -0.2) is 13.1 Å². The molecule has 1 aromatic heterocycles. The Bertz CT molecular complexity index is 973. The number of ether oxygens (including phenoxy) is 2. The first-order valence-corrected chi connectivity index (χ1v) is 7.45. The molecule has 0 amide bonds. The highest BCUT2D eigenvalue weighted by Crippen LogP contribution is 2.30. The third kappa shape index (κ3) is 2.98. The summed E-state index contributed by atoms with van der Waals surface area (Å²) in [6.07, 6.45) is 1.37. The van der Waals surface area contributed by atoms with Gasteiger partial charge in [-0.1, -0.05) is 23.7 Å². The standard InChI is InChI=1S/C18H13ClO5/c1-10(20)24-17-8-16-13(7-15(17)19)18(21)14(9-23-16)11-3-5-12(22-2)6-4-11/h3-9H,1-2H3. The quantitative estimate of drug-likeness (QED) is 0.529. The smallest absolute Gasteiger partial charge is 0.308 e. The summed E-state index contributed by atoms with van der Waals surface area (Å²) >= 11 is 6.08. The van der Waals surface area contributed by atoms with Gasteiger partial charge in [0.25, 0.3) is 0 Å². The molecule has 0 saturated heterocycles. The molecule has 0 aliphatic heterocycles. The summed E-state index contributed by atoms with van der Waals surface area (Å²) < 4.78 is 15.6. The van der Waals surface area contributed by atoms with Gasteiger partial charge in [-0.15, -0.1) is 0 Å². The van der Waals surface area contributed by atoms with Crippen LogP contribution in [0.1, 0.15) is 6.92 Å². The molecule has 1 heterocycles. The minimum absolute atomic E-state index is 0.150. The van der Waals surface area contributed by atoms with Gasteiger partial charge in [-0.2, -0.15) is 0 Å². The number of esters is 1. The third-order valence-corrected chi connectivity index (χ3v) is 3.78. The van der Waals surface area contributed by atoms with Gasteiger partial charge in [0.2, 0.25) is 5.43 Å². The van der Waals surface area contributed by atoms with Crippen LogP contribution >= 0.6 is 11.6 Å². The van der Waals surface area contributed by atoms with E-state index in [1.807, 2.05) is 0 Å². The second-order valence-electron chi connectivity index (χ2n) is 5.08. The fraction of sp³-hybridized carbons (Fsp3) is 0.111. The Morgan fingerprint density at radius 3 is 2.50 bits per heavy atom. The van der Waals surface area contributed by atoms with Gasteiger partial charge in [-0.3, -0.25) is 9.59 Å². The van der Waals surface area contributed by atoms with Gasteiger partial charge in [0.1, 0.15) is 17.6 Å². The maximum Gasteiger partial charge on any atom is 0.308 e. The normalized spacial score (nSPS) is 10.6. The van der Waals surface area contributed by atoms with Crippen LogP contribution in [0.3, 0.4) is 0 Å². The van der Waals surface area contributed by atoms with Crippen LogP contribution in [0.4, 0.5) is 0 Å². The Hall–Kier alpha value is -2.79. The molecule has 0 radical (unpaired) electrons. The molecule has 24 heavy (non-hydrogen) atoms. The van der Waals surface area contributed by atoms with Crippen molar-refractivity contribution < 1.29 is 18.7 Å². The van der Waals surface area contributed by atoms with Crippen LogP contribution in [0, 0.1) is 0 Å². The average molecular weight is 345 g/mol. The van der Waals surface area contributed by atoms with Crippen LogP contribution in [0.15, 0.2) is 51.9 Å². The summed E-state index contributed by atoms with van der Waals surface area (Å²) in [4.78, 5) is 23.8. The lowest BCUT2D eigenvalue weighted by molar-refractivity contribution is -0.131. The van der Waals surface area contributed by atoms with Crippen LogP contribution in [0.5, 0.6) is 11.5 Å². The molecule has 0 spiro atoms. The van der Waals surface area contributed by atoms with Crippen molar-refractivity contribution in [3.8, 4) is 22.6 Å². The molecular weight excluding hydrogens is 332 g/mol. The van der Waals surface area contributed by atoms with Crippen LogP contribution in [0.25, 0.3) is 22.1 Å². The number of carbonyl (C=O) groups is 1. The molecule has 0 aliphatic carbocycles. The molecule has 3 aromatic rings. The average Bonchev–Trinajstić information content (AvgIpc) is 2.56. The van der Waals surface area contributed by atoms with Crippen molar-refractivity contribution in [3.05, 3.63) is 57.9 Å². The number of methoxy groups -OCH3 is 1. The van der Waals surface area contributed by atoms with Crippen molar-refractivity contribution in [3.63, 3.8) is 0 Å². The number of halogens is 1. The summed E-state index contributed by atoms with van der Waals surface area (Å²) in [5.74, 6) is 0.337. The number of fused-ring (bicyclic) bond motifs is 1. The number of carbonyl (C=O) groups excluding carboxylic acids is 1. The maximum atomic E-state index is 12.7. The van der Waals surface area contributed by atoms with E-state index in [1.165, 1.54) is 25.3 Å². The molecule has 0 fully saturated rings. The molecule has 0 N–H and O–H groups in total. The first kappa shape index (κ1) is 16.1. The first-order chi connectivity index (χ1) is 11.5. The molecular formula is C18H13ClO5. The van der Waals surface area contributed by atoms with Gasteiger partial charge in [-0.25, -0.2) is 0 Å². The molecule has 0 unspecified atom stereocenters. The van der Waals surface area contributed by atoms with E-state index in [9.17, 15) is 9.59 Å². The molecule has 6 heteroatoms. The summed E-state index contributed by atoms with van der Waals surface area (Å²) in [6, 6.07) is 9.93. The number of hydrogen-bond donors (Lipinski definition) is 0. The lowest BCUT2D eigenvalue weighted by Gasteiger charge is -2.07. The van der Waals surface area contributed by atoms with Crippen molar-refractivity contribution in [1.29, 1.82) is 0 Å². The minimum atomic E-state index is -0.506. The van der Waals surface area contributed by atoms with Gasteiger partial charge in [0.05, 0.1) is 23.1 Å². The second kappa shape index (κ2) is 6.37. The maximum absolute atomic E-state index is 12.7. The van der Waals surface area contributed by atoms with Crippen molar-refractivity contribution in [2.75, 3.05) is 7.11 Å². The van der Waals surface area contributed by atoms with Crippen molar-refractivity contribution >= 4 is 28.5 Å². The summed E-state index contributed by atoms with van der Waals surface area (Å²) in [5, 5.41) is 0.473. The third-order valence-electron chi connectivity index (χ3n) is 3.48. The predicted molar refractivity (Wildman–Crippen MR) is 90.8 cm³/mol. The second-order valence-corrected chi connectivity index (χ2v) is 5.49. The molecule has 2 aromatic carbocycles. The van der Waals surface area contributed by atoms with Gasteiger partial charge < -0.3 is 13.9 Å². The SMILES string of the molecule is COc1ccc(-c2coc3cc(OC(C)=O)c(Cl)cc3c2=O)cc1. The summed E-state index contributed by atoms with van der Waals surface area (Å²) in [6.45, 7) is 1.27. The van der Waals surface area contributed by atoms with E-state index in [0.29, 0.717) is 22.3 Å². The number of benzene rings is 2. The fourth-order valence-electron chi connectivity index (χ4n) is 2.33. The van der Waals surface area contributed by atoms with Crippen LogP contribution in [0.2, 0.25) is 5.02 Å². The largest absolute Gasteiger partial charge is 0.497 e. The molecule has 0 saturated carbocycles. The monoisotopic (exact) mass is 344 g/mol.